The predicted octanol–water partition coefficient (Wildman–Crippen LogP) is 1.50. The van der Waals surface area contributed by atoms with Crippen molar-refractivity contribution in [2.45, 2.75) is 26.6 Å². The molecule has 19 heavy (non-hydrogen) atoms. The number of benzene rings is 1. The lowest BCUT2D eigenvalue weighted by molar-refractivity contribution is -0.171. The quantitative estimate of drug-likeness (QED) is 0.575. The smallest absolute Gasteiger partial charge is 0.348 e. The first-order chi connectivity index (χ1) is 9.04. The van der Waals surface area contributed by atoms with Gasteiger partial charge in [-0.1, -0.05) is 37.3 Å². The summed E-state index contributed by atoms with van der Waals surface area (Å²) in [6.45, 7) is 2.74. The van der Waals surface area contributed by atoms with Gasteiger partial charge < -0.3 is 14.3 Å². The van der Waals surface area contributed by atoms with Crippen LogP contribution in [-0.4, -0.2) is 24.3 Å². The molecule has 0 spiro atoms. The van der Waals surface area contributed by atoms with Gasteiger partial charge in [-0.3, -0.25) is 4.79 Å². The number of esters is 2. The summed E-state index contributed by atoms with van der Waals surface area (Å²) in [5.74, 6) is -2.10. The molecule has 2 unspecified atom stereocenters. The average Bonchev–Trinajstić information content (AvgIpc) is 2.42. The molecule has 0 amide bonds. The van der Waals surface area contributed by atoms with Crippen molar-refractivity contribution >= 4 is 18.2 Å². The molecule has 0 fully saturated rings. The van der Waals surface area contributed by atoms with Crippen molar-refractivity contribution in [2.24, 2.45) is 5.92 Å². The van der Waals surface area contributed by atoms with Crippen LogP contribution in [0.5, 0.6) is 0 Å². The zero-order valence-corrected chi connectivity index (χ0v) is 10.9. The molecule has 5 nitrogen and oxygen atoms in total. The number of carbonyl (C=O) groups excluding carboxylic acids is 3. The predicted molar refractivity (Wildman–Crippen MR) is 67.0 cm³/mol. The first kappa shape index (κ1) is 14.9. The number of aldehydes is 1. The molecule has 0 aromatic heterocycles. The zero-order chi connectivity index (χ0) is 14.3. The van der Waals surface area contributed by atoms with Crippen LogP contribution in [0.1, 0.15) is 19.4 Å². The molecule has 0 aliphatic carbocycles. The van der Waals surface area contributed by atoms with Crippen LogP contribution in [0.3, 0.4) is 0 Å². The van der Waals surface area contributed by atoms with Gasteiger partial charge >= 0.3 is 11.9 Å². The Labute approximate surface area is 111 Å². The maximum absolute atomic E-state index is 11.8. The summed E-state index contributed by atoms with van der Waals surface area (Å²) in [4.78, 5) is 33.4. The first-order valence-electron chi connectivity index (χ1n) is 5.87. The SMILES string of the molecule is CC(=O)OC(C(=O)OCc1ccccc1)C(C)C=O. The summed E-state index contributed by atoms with van der Waals surface area (Å²) in [6.07, 6.45) is -0.643. The third kappa shape index (κ3) is 4.91. The summed E-state index contributed by atoms with van der Waals surface area (Å²) >= 11 is 0. The highest BCUT2D eigenvalue weighted by Crippen LogP contribution is 2.10. The van der Waals surface area contributed by atoms with E-state index in [0.717, 1.165) is 5.56 Å². The number of hydrogen-bond donors (Lipinski definition) is 0. The third-order valence-electron chi connectivity index (χ3n) is 2.44. The minimum Gasteiger partial charge on any atom is -0.458 e. The molecule has 0 saturated heterocycles. The first-order valence-corrected chi connectivity index (χ1v) is 5.87. The Kier molecular flexibility index (Phi) is 5.73. The van der Waals surface area contributed by atoms with Crippen molar-refractivity contribution < 1.29 is 23.9 Å². The van der Waals surface area contributed by atoms with Gasteiger partial charge in [0.05, 0.1) is 5.92 Å². The Balaban J connectivity index is 2.61. The van der Waals surface area contributed by atoms with E-state index in [1.54, 1.807) is 12.1 Å². The fourth-order valence-electron chi connectivity index (χ4n) is 1.43. The minimum atomic E-state index is -1.20. The van der Waals surface area contributed by atoms with E-state index >= 15 is 0 Å². The van der Waals surface area contributed by atoms with E-state index in [4.69, 9.17) is 9.47 Å². The summed E-state index contributed by atoms with van der Waals surface area (Å²) in [6, 6.07) is 9.09. The van der Waals surface area contributed by atoms with Crippen LogP contribution >= 0.6 is 0 Å². The Morgan fingerprint density at radius 3 is 2.42 bits per heavy atom. The van der Waals surface area contributed by atoms with Gasteiger partial charge in [-0.05, 0) is 5.56 Å². The van der Waals surface area contributed by atoms with Crippen molar-refractivity contribution in [1.82, 2.24) is 0 Å². The zero-order valence-electron chi connectivity index (χ0n) is 10.9. The van der Waals surface area contributed by atoms with Crippen molar-refractivity contribution in [2.75, 3.05) is 0 Å². The van der Waals surface area contributed by atoms with Gasteiger partial charge in [0.2, 0.25) is 6.10 Å². The van der Waals surface area contributed by atoms with Crippen molar-refractivity contribution in [3.63, 3.8) is 0 Å². The van der Waals surface area contributed by atoms with Crippen LogP contribution < -0.4 is 0 Å². The molecular formula is C14H16O5. The molecule has 102 valence electrons. The van der Waals surface area contributed by atoms with Crippen LogP contribution in [0, 0.1) is 5.92 Å². The average molecular weight is 264 g/mol. The Bertz CT molecular complexity index is 440. The van der Waals surface area contributed by atoms with E-state index in [-0.39, 0.29) is 6.61 Å². The monoisotopic (exact) mass is 264 g/mol. The Hall–Kier alpha value is -2.17. The molecule has 0 saturated carbocycles. The lowest BCUT2D eigenvalue weighted by Crippen LogP contribution is -2.35. The molecule has 2 atom stereocenters. The Morgan fingerprint density at radius 2 is 1.89 bits per heavy atom. The van der Waals surface area contributed by atoms with Gasteiger partial charge in [-0.25, -0.2) is 4.79 Å². The van der Waals surface area contributed by atoms with Crippen LogP contribution in [0.15, 0.2) is 30.3 Å². The standard InChI is InChI=1S/C14H16O5/c1-10(8-15)13(19-11(2)16)14(17)18-9-12-6-4-3-5-7-12/h3-8,10,13H,9H2,1-2H3. The third-order valence-corrected chi connectivity index (χ3v) is 2.44. The number of carbonyl (C=O) groups is 3. The van der Waals surface area contributed by atoms with Crippen molar-refractivity contribution in [3.8, 4) is 0 Å². The summed E-state index contributed by atoms with van der Waals surface area (Å²) in [5.41, 5.74) is 0.816. The second kappa shape index (κ2) is 7.31. The van der Waals surface area contributed by atoms with E-state index < -0.39 is 24.0 Å². The van der Waals surface area contributed by atoms with Gasteiger partial charge in [0.15, 0.2) is 0 Å². The van der Waals surface area contributed by atoms with E-state index in [1.165, 1.54) is 13.8 Å². The highest BCUT2D eigenvalue weighted by atomic mass is 16.6. The maximum atomic E-state index is 11.8. The van der Waals surface area contributed by atoms with E-state index in [2.05, 4.69) is 0 Å². The number of ether oxygens (including phenoxy) is 2. The lowest BCUT2D eigenvalue weighted by atomic mass is 10.1. The maximum Gasteiger partial charge on any atom is 0.348 e. The molecular weight excluding hydrogens is 248 g/mol. The highest BCUT2D eigenvalue weighted by Gasteiger charge is 2.29. The van der Waals surface area contributed by atoms with Gasteiger partial charge in [-0.2, -0.15) is 0 Å². The summed E-state index contributed by atoms with van der Waals surface area (Å²) in [5, 5.41) is 0. The van der Waals surface area contributed by atoms with Gasteiger partial charge in [0.1, 0.15) is 12.9 Å². The molecule has 0 aliphatic heterocycles. The van der Waals surface area contributed by atoms with Crippen LogP contribution in [0.25, 0.3) is 0 Å². The van der Waals surface area contributed by atoms with E-state index in [9.17, 15) is 14.4 Å². The molecule has 0 aliphatic rings. The van der Waals surface area contributed by atoms with Crippen molar-refractivity contribution in [3.05, 3.63) is 35.9 Å². The normalized spacial score (nSPS) is 13.2. The second-order valence-corrected chi connectivity index (χ2v) is 4.12. The molecule has 1 aromatic carbocycles. The molecule has 0 bridgehead atoms. The van der Waals surface area contributed by atoms with Gasteiger partial charge in [-0.15, -0.1) is 0 Å². The fourth-order valence-corrected chi connectivity index (χ4v) is 1.43. The van der Waals surface area contributed by atoms with Crippen LogP contribution in [0.4, 0.5) is 0 Å². The highest BCUT2D eigenvalue weighted by molar-refractivity contribution is 5.82. The van der Waals surface area contributed by atoms with Crippen LogP contribution in [0.2, 0.25) is 0 Å². The van der Waals surface area contributed by atoms with Gasteiger partial charge in [0, 0.05) is 6.92 Å². The minimum absolute atomic E-state index is 0.0724. The topological polar surface area (TPSA) is 69.7 Å². The largest absolute Gasteiger partial charge is 0.458 e. The number of rotatable bonds is 6. The molecule has 1 rings (SSSR count). The fraction of sp³-hybridized carbons (Fsp3) is 0.357. The molecule has 1 aromatic rings. The molecule has 5 heteroatoms. The second-order valence-electron chi connectivity index (χ2n) is 4.12. The van der Waals surface area contributed by atoms with Gasteiger partial charge in [0.25, 0.3) is 0 Å². The summed E-state index contributed by atoms with van der Waals surface area (Å²) in [7, 11) is 0. The summed E-state index contributed by atoms with van der Waals surface area (Å²) < 4.78 is 9.85. The lowest BCUT2D eigenvalue weighted by Gasteiger charge is -2.18. The Morgan fingerprint density at radius 1 is 1.26 bits per heavy atom. The number of hydrogen-bond acceptors (Lipinski definition) is 5. The van der Waals surface area contributed by atoms with Crippen LogP contribution in [-0.2, 0) is 30.5 Å². The van der Waals surface area contributed by atoms with E-state index in [0.29, 0.717) is 6.29 Å². The molecule has 0 heterocycles. The van der Waals surface area contributed by atoms with E-state index in [1.807, 2.05) is 18.2 Å². The molecule has 0 radical (unpaired) electrons. The van der Waals surface area contributed by atoms with Crippen molar-refractivity contribution in [1.29, 1.82) is 0 Å². The molecule has 0 N–H and O–H groups in total.